The van der Waals surface area contributed by atoms with E-state index in [1.807, 2.05) is 37.3 Å². The molecule has 0 unspecified atom stereocenters. The van der Waals surface area contributed by atoms with Gasteiger partial charge >= 0.3 is 0 Å². The molecule has 3 aromatic rings. The Morgan fingerprint density at radius 2 is 1.83 bits per heavy atom. The third-order valence-electron chi connectivity index (χ3n) is 3.52. The van der Waals surface area contributed by atoms with E-state index in [9.17, 15) is 9.59 Å². The van der Waals surface area contributed by atoms with Gasteiger partial charge in [0, 0.05) is 16.7 Å². The van der Waals surface area contributed by atoms with E-state index in [4.69, 9.17) is 11.6 Å². The number of carbonyl (C=O) groups excluding carboxylic acids is 1. The molecule has 0 aliphatic carbocycles. The van der Waals surface area contributed by atoms with Crippen LogP contribution in [0.5, 0.6) is 0 Å². The van der Waals surface area contributed by atoms with E-state index >= 15 is 0 Å². The number of hydrogen-bond acceptors (Lipinski definition) is 3. The smallest absolute Gasteiger partial charge is 0.266 e. The highest BCUT2D eigenvalue weighted by Crippen LogP contribution is 2.10. The summed E-state index contributed by atoms with van der Waals surface area (Å²) < 4.78 is 1.08. The zero-order valence-electron chi connectivity index (χ0n) is 12.9. The lowest BCUT2D eigenvalue weighted by atomic mass is 10.1. The molecule has 24 heavy (non-hydrogen) atoms. The second kappa shape index (κ2) is 6.99. The van der Waals surface area contributed by atoms with Gasteiger partial charge < -0.3 is 4.98 Å². The molecule has 0 radical (unpaired) electrons. The van der Waals surface area contributed by atoms with Gasteiger partial charge in [-0.05, 0) is 36.3 Å². The highest BCUT2D eigenvalue weighted by atomic mass is 35.5. The van der Waals surface area contributed by atoms with Gasteiger partial charge in [0.25, 0.3) is 5.56 Å². The predicted octanol–water partition coefficient (Wildman–Crippen LogP) is 2.89. The lowest BCUT2D eigenvalue weighted by Gasteiger charge is -1.99. The van der Waals surface area contributed by atoms with Gasteiger partial charge in [0.2, 0.25) is 0 Å². The largest absolute Gasteiger partial charge is 0.313 e. The summed E-state index contributed by atoms with van der Waals surface area (Å²) in [7, 11) is 0. The van der Waals surface area contributed by atoms with Crippen LogP contribution in [0.3, 0.4) is 0 Å². The fourth-order valence-corrected chi connectivity index (χ4v) is 3.29. The second-order valence-corrected chi connectivity index (χ2v) is 6.82. The van der Waals surface area contributed by atoms with Crippen LogP contribution < -0.4 is 14.8 Å². The van der Waals surface area contributed by atoms with E-state index in [1.54, 1.807) is 24.3 Å². The van der Waals surface area contributed by atoms with Crippen molar-refractivity contribution < 1.29 is 4.79 Å². The molecule has 2 aromatic carbocycles. The number of benzene rings is 2. The van der Waals surface area contributed by atoms with Gasteiger partial charge in [0.1, 0.15) is 0 Å². The van der Waals surface area contributed by atoms with Crippen LogP contribution in [0.2, 0.25) is 5.02 Å². The quantitative estimate of drug-likeness (QED) is 0.734. The average molecular weight is 356 g/mol. The first-order chi connectivity index (χ1) is 11.5. The average Bonchev–Trinajstić information content (AvgIpc) is 2.89. The summed E-state index contributed by atoms with van der Waals surface area (Å²) in [6.45, 7) is 1.89. The zero-order valence-corrected chi connectivity index (χ0v) is 14.4. The molecular formula is C19H14ClNO2S. The summed E-state index contributed by atoms with van der Waals surface area (Å²) in [4.78, 5) is 27.1. The standard InChI is InChI=1S/C19H14ClNO2S/c1-12-4-2-3-5-15(12)16(22)11-18-21-19(23)17(24-18)10-13-6-8-14(20)9-7-13/h2-11H,1H3,(H,21,23)/b17-10+,18-11+. The molecular weight excluding hydrogens is 342 g/mol. The van der Waals surface area contributed by atoms with E-state index in [2.05, 4.69) is 4.98 Å². The van der Waals surface area contributed by atoms with Crippen molar-refractivity contribution in [1.82, 2.24) is 4.98 Å². The van der Waals surface area contributed by atoms with Crippen LogP contribution in [0.1, 0.15) is 21.5 Å². The van der Waals surface area contributed by atoms with Crippen molar-refractivity contribution in [2.45, 2.75) is 6.92 Å². The fourth-order valence-electron chi connectivity index (χ4n) is 2.28. The fraction of sp³-hybridized carbons (Fsp3) is 0.0526. The Labute approximate surface area is 147 Å². The van der Waals surface area contributed by atoms with Crippen LogP contribution in [0.4, 0.5) is 0 Å². The zero-order chi connectivity index (χ0) is 17.1. The molecule has 0 spiro atoms. The van der Waals surface area contributed by atoms with Gasteiger partial charge in [-0.2, -0.15) is 0 Å². The SMILES string of the molecule is Cc1ccccc1C(=O)/C=c1\[nH]c(=O)/c(=C\c2ccc(Cl)cc2)s1. The Balaban J connectivity index is 2.00. The summed E-state index contributed by atoms with van der Waals surface area (Å²) in [5, 5.41) is 0.644. The van der Waals surface area contributed by atoms with Crippen molar-refractivity contribution in [1.29, 1.82) is 0 Å². The highest BCUT2D eigenvalue weighted by Gasteiger charge is 2.05. The molecule has 0 amide bonds. The molecule has 0 atom stereocenters. The van der Waals surface area contributed by atoms with Crippen LogP contribution in [-0.2, 0) is 0 Å². The van der Waals surface area contributed by atoms with Crippen LogP contribution in [-0.4, -0.2) is 10.8 Å². The molecule has 0 saturated heterocycles. The second-order valence-electron chi connectivity index (χ2n) is 5.30. The molecule has 1 N–H and O–H groups in total. The van der Waals surface area contributed by atoms with Gasteiger partial charge in [-0.15, -0.1) is 11.3 Å². The summed E-state index contributed by atoms with van der Waals surface area (Å²) in [6.07, 6.45) is 3.24. The number of aromatic nitrogens is 1. The van der Waals surface area contributed by atoms with E-state index in [1.165, 1.54) is 17.4 Å². The van der Waals surface area contributed by atoms with Crippen LogP contribution in [0.25, 0.3) is 12.2 Å². The summed E-state index contributed by atoms with van der Waals surface area (Å²) in [5.74, 6) is -0.122. The predicted molar refractivity (Wildman–Crippen MR) is 99.2 cm³/mol. The molecule has 0 aliphatic rings. The maximum absolute atomic E-state index is 12.4. The molecule has 0 fully saturated rings. The van der Waals surface area contributed by atoms with Gasteiger partial charge in [0.05, 0.1) is 9.20 Å². The number of aryl methyl sites for hydroxylation is 1. The van der Waals surface area contributed by atoms with E-state index in [-0.39, 0.29) is 11.3 Å². The third-order valence-corrected chi connectivity index (χ3v) is 4.74. The minimum Gasteiger partial charge on any atom is -0.313 e. The first-order valence-electron chi connectivity index (χ1n) is 7.31. The molecule has 3 nitrogen and oxygen atoms in total. The monoisotopic (exact) mass is 355 g/mol. The number of carbonyl (C=O) groups is 1. The molecule has 1 heterocycles. The Bertz CT molecular complexity index is 1060. The number of rotatable bonds is 3. The number of nitrogens with one attached hydrogen (secondary N) is 1. The number of hydrogen-bond donors (Lipinski definition) is 1. The van der Waals surface area contributed by atoms with Gasteiger partial charge in [-0.3, -0.25) is 9.59 Å². The normalized spacial score (nSPS) is 12.6. The lowest BCUT2D eigenvalue weighted by molar-refractivity contribution is 0.106. The Morgan fingerprint density at radius 3 is 2.54 bits per heavy atom. The first kappa shape index (κ1) is 16.4. The number of Topliss-reactive ketones (excluding diaryl/α,β-unsaturated/α-hetero) is 1. The molecule has 0 saturated carbocycles. The van der Waals surface area contributed by atoms with E-state index in [0.717, 1.165) is 11.1 Å². The Morgan fingerprint density at radius 1 is 1.12 bits per heavy atom. The lowest BCUT2D eigenvalue weighted by Crippen LogP contribution is -2.20. The topological polar surface area (TPSA) is 49.9 Å². The maximum Gasteiger partial charge on any atom is 0.266 e. The van der Waals surface area contributed by atoms with Crippen molar-refractivity contribution in [2.75, 3.05) is 0 Å². The van der Waals surface area contributed by atoms with Crippen molar-refractivity contribution in [3.05, 3.63) is 89.8 Å². The van der Waals surface area contributed by atoms with Crippen molar-refractivity contribution in [3.63, 3.8) is 0 Å². The summed E-state index contributed by atoms with van der Waals surface area (Å²) >= 11 is 7.11. The minimum atomic E-state index is -0.209. The van der Waals surface area contributed by atoms with Crippen molar-refractivity contribution in [2.24, 2.45) is 0 Å². The maximum atomic E-state index is 12.4. The third kappa shape index (κ3) is 3.72. The van der Waals surface area contributed by atoms with Crippen LogP contribution in [0, 0.1) is 6.92 Å². The number of H-pyrrole nitrogens is 1. The van der Waals surface area contributed by atoms with Crippen LogP contribution >= 0.6 is 22.9 Å². The minimum absolute atomic E-state index is 0.122. The van der Waals surface area contributed by atoms with Crippen molar-refractivity contribution >= 4 is 40.9 Å². The van der Waals surface area contributed by atoms with Crippen molar-refractivity contribution in [3.8, 4) is 0 Å². The molecule has 3 rings (SSSR count). The van der Waals surface area contributed by atoms with Gasteiger partial charge in [-0.1, -0.05) is 48.0 Å². The number of halogens is 1. The molecule has 0 bridgehead atoms. The van der Waals surface area contributed by atoms with E-state index in [0.29, 0.717) is 19.8 Å². The van der Waals surface area contributed by atoms with Crippen LogP contribution in [0.15, 0.2) is 53.3 Å². The number of ketones is 1. The molecule has 0 aliphatic heterocycles. The molecule has 5 heteroatoms. The molecule has 120 valence electrons. The summed E-state index contributed by atoms with van der Waals surface area (Å²) in [6, 6.07) is 14.6. The number of aromatic amines is 1. The Kier molecular flexibility index (Phi) is 4.79. The number of thiazole rings is 1. The first-order valence-corrected chi connectivity index (χ1v) is 8.50. The summed E-state index contributed by atoms with van der Waals surface area (Å²) in [5.41, 5.74) is 2.21. The van der Waals surface area contributed by atoms with Gasteiger partial charge in [0.15, 0.2) is 5.78 Å². The van der Waals surface area contributed by atoms with Gasteiger partial charge in [-0.25, -0.2) is 0 Å². The molecule has 1 aromatic heterocycles. The Hall–Kier alpha value is -2.43. The highest BCUT2D eigenvalue weighted by molar-refractivity contribution is 7.07. The van der Waals surface area contributed by atoms with E-state index < -0.39 is 0 Å².